The monoisotopic (exact) mass is 285 g/mol. The lowest BCUT2D eigenvalue weighted by Gasteiger charge is -2.34. The fourth-order valence-corrected chi connectivity index (χ4v) is 3.95. The first kappa shape index (κ1) is 14.6. The minimum atomic E-state index is 0.761. The molecule has 114 valence electrons. The molecule has 1 saturated carbocycles. The van der Waals surface area contributed by atoms with E-state index >= 15 is 0 Å². The van der Waals surface area contributed by atoms with Gasteiger partial charge in [0.1, 0.15) is 5.82 Å². The van der Waals surface area contributed by atoms with Gasteiger partial charge in [-0.1, -0.05) is 25.5 Å². The Hall–Kier alpha value is -1.35. The van der Waals surface area contributed by atoms with E-state index < -0.39 is 0 Å². The van der Waals surface area contributed by atoms with Crippen LogP contribution in [0.15, 0.2) is 24.3 Å². The van der Waals surface area contributed by atoms with Gasteiger partial charge in [0.2, 0.25) is 0 Å². The quantitative estimate of drug-likeness (QED) is 0.933. The van der Waals surface area contributed by atoms with Crippen molar-refractivity contribution in [2.75, 3.05) is 13.6 Å². The van der Waals surface area contributed by atoms with E-state index in [4.69, 9.17) is 4.98 Å². The van der Waals surface area contributed by atoms with Crippen molar-refractivity contribution in [3.05, 3.63) is 30.1 Å². The first-order valence-corrected chi connectivity index (χ1v) is 8.24. The van der Waals surface area contributed by atoms with Crippen LogP contribution < -0.4 is 5.32 Å². The molecule has 2 aromatic rings. The van der Waals surface area contributed by atoms with Crippen molar-refractivity contribution < 1.29 is 0 Å². The fraction of sp³-hybridized carbons (Fsp3) is 0.611. The Kier molecular flexibility index (Phi) is 4.29. The maximum atomic E-state index is 4.87. The summed E-state index contributed by atoms with van der Waals surface area (Å²) >= 11 is 0. The van der Waals surface area contributed by atoms with Gasteiger partial charge in [-0.3, -0.25) is 0 Å². The Morgan fingerprint density at radius 2 is 2.05 bits per heavy atom. The number of hydrogen-bond acceptors (Lipinski definition) is 2. The predicted octanol–water partition coefficient (Wildman–Crippen LogP) is 3.39. The van der Waals surface area contributed by atoms with Gasteiger partial charge in [-0.15, -0.1) is 0 Å². The molecule has 0 aliphatic heterocycles. The number of hydrogen-bond donors (Lipinski definition) is 1. The molecule has 0 amide bonds. The summed E-state index contributed by atoms with van der Waals surface area (Å²) in [5.41, 5.74) is 2.38. The number of nitrogens with zero attached hydrogens (tertiary/aromatic N) is 2. The standard InChI is InChI=1S/C18H27N3/c1-13-8-9-14(12-19-2)15(10-13)11-18-20-16-6-4-5-7-17(16)21(18)3/h4-7,13-15,19H,8-12H2,1-3H3. The van der Waals surface area contributed by atoms with Crippen molar-refractivity contribution in [1.82, 2.24) is 14.9 Å². The van der Waals surface area contributed by atoms with E-state index in [9.17, 15) is 0 Å². The summed E-state index contributed by atoms with van der Waals surface area (Å²) in [7, 11) is 4.23. The van der Waals surface area contributed by atoms with Crippen LogP contribution in [0.3, 0.4) is 0 Å². The molecule has 1 N–H and O–H groups in total. The minimum Gasteiger partial charge on any atom is -0.331 e. The van der Waals surface area contributed by atoms with Gasteiger partial charge in [0, 0.05) is 13.5 Å². The van der Waals surface area contributed by atoms with Crippen molar-refractivity contribution in [1.29, 1.82) is 0 Å². The molecule has 0 saturated heterocycles. The summed E-state index contributed by atoms with van der Waals surface area (Å²) in [5.74, 6) is 3.66. The highest BCUT2D eigenvalue weighted by molar-refractivity contribution is 5.75. The number of aromatic nitrogens is 2. The van der Waals surface area contributed by atoms with Gasteiger partial charge < -0.3 is 9.88 Å². The molecule has 21 heavy (non-hydrogen) atoms. The smallest absolute Gasteiger partial charge is 0.109 e. The number of fused-ring (bicyclic) bond motifs is 1. The zero-order valence-electron chi connectivity index (χ0n) is 13.5. The Morgan fingerprint density at radius 3 is 2.81 bits per heavy atom. The van der Waals surface area contributed by atoms with Crippen molar-refractivity contribution in [2.24, 2.45) is 24.8 Å². The normalized spacial score (nSPS) is 26.3. The van der Waals surface area contributed by atoms with Crippen LogP contribution in [0.5, 0.6) is 0 Å². The summed E-state index contributed by atoms with van der Waals surface area (Å²) in [4.78, 5) is 4.87. The third-order valence-corrected chi connectivity index (χ3v) is 5.19. The maximum Gasteiger partial charge on any atom is 0.109 e. The van der Waals surface area contributed by atoms with Crippen LogP contribution in [0, 0.1) is 17.8 Å². The first-order valence-electron chi connectivity index (χ1n) is 8.24. The Balaban J connectivity index is 1.83. The van der Waals surface area contributed by atoms with Gasteiger partial charge in [-0.05, 0) is 56.3 Å². The van der Waals surface area contributed by atoms with Gasteiger partial charge in [0.15, 0.2) is 0 Å². The Morgan fingerprint density at radius 1 is 1.24 bits per heavy atom. The molecule has 0 bridgehead atoms. The second kappa shape index (κ2) is 6.18. The zero-order chi connectivity index (χ0) is 14.8. The lowest BCUT2D eigenvalue weighted by Crippen LogP contribution is -2.32. The van der Waals surface area contributed by atoms with Crippen molar-refractivity contribution in [3.63, 3.8) is 0 Å². The van der Waals surface area contributed by atoms with E-state index in [2.05, 4.69) is 55.2 Å². The molecular weight excluding hydrogens is 258 g/mol. The molecule has 1 fully saturated rings. The van der Waals surface area contributed by atoms with E-state index in [0.29, 0.717) is 0 Å². The number of imidazole rings is 1. The highest BCUT2D eigenvalue weighted by Gasteiger charge is 2.29. The summed E-state index contributed by atoms with van der Waals surface area (Å²) < 4.78 is 2.28. The summed E-state index contributed by atoms with van der Waals surface area (Å²) in [5, 5.41) is 3.38. The number of aryl methyl sites for hydroxylation is 1. The number of nitrogens with one attached hydrogen (secondary N) is 1. The van der Waals surface area contributed by atoms with Gasteiger partial charge >= 0.3 is 0 Å². The number of rotatable bonds is 4. The van der Waals surface area contributed by atoms with Crippen LogP contribution in [0.2, 0.25) is 0 Å². The lowest BCUT2D eigenvalue weighted by molar-refractivity contribution is 0.183. The van der Waals surface area contributed by atoms with Crippen LogP contribution in [0.25, 0.3) is 11.0 Å². The molecule has 1 aliphatic carbocycles. The van der Waals surface area contributed by atoms with E-state index in [1.165, 1.54) is 30.6 Å². The maximum absolute atomic E-state index is 4.87. The SMILES string of the molecule is CNCC1CCC(C)CC1Cc1nc2ccccc2n1C. The molecular formula is C18H27N3. The molecule has 3 unspecified atom stereocenters. The lowest BCUT2D eigenvalue weighted by atomic mass is 9.73. The Labute approximate surface area is 127 Å². The Bertz CT molecular complexity index is 602. The fourth-order valence-electron chi connectivity index (χ4n) is 3.95. The van der Waals surface area contributed by atoms with E-state index in [-0.39, 0.29) is 0 Å². The van der Waals surface area contributed by atoms with Crippen molar-refractivity contribution in [2.45, 2.75) is 32.6 Å². The molecule has 1 aromatic heterocycles. The summed E-state index contributed by atoms with van der Waals surface area (Å²) in [6, 6.07) is 8.46. The van der Waals surface area contributed by atoms with Crippen molar-refractivity contribution in [3.8, 4) is 0 Å². The summed E-state index contributed by atoms with van der Waals surface area (Å²) in [6.45, 7) is 3.54. The first-order chi connectivity index (χ1) is 10.2. The number of benzene rings is 1. The predicted molar refractivity (Wildman–Crippen MR) is 88.3 cm³/mol. The second-order valence-electron chi connectivity index (χ2n) is 6.78. The molecule has 3 atom stereocenters. The highest BCUT2D eigenvalue weighted by atomic mass is 15.1. The van der Waals surface area contributed by atoms with Gasteiger partial charge in [0.25, 0.3) is 0 Å². The summed E-state index contributed by atoms with van der Waals surface area (Å²) in [6.07, 6.45) is 5.19. The topological polar surface area (TPSA) is 29.9 Å². The second-order valence-corrected chi connectivity index (χ2v) is 6.78. The molecule has 3 nitrogen and oxygen atoms in total. The average Bonchev–Trinajstić information content (AvgIpc) is 2.79. The molecule has 3 heteroatoms. The van der Waals surface area contributed by atoms with E-state index in [0.717, 1.165) is 36.2 Å². The molecule has 0 spiro atoms. The van der Waals surface area contributed by atoms with Crippen LogP contribution in [0.4, 0.5) is 0 Å². The highest BCUT2D eigenvalue weighted by Crippen LogP contribution is 2.35. The molecule has 3 rings (SSSR count). The molecule has 1 aromatic carbocycles. The van der Waals surface area contributed by atoms with Gasteiger partial charge in [0.05, 0.1) is 11.0 Å². The van der Waals surface area contributed by atoms with Gasteiger partial charge in [-0.25, -0.2) is 4.98 Å². The molecule has 1 aliphatic rings. The van der Waals surface area contributed by atoms with E-state index in [1.807, 2.05) is 0 Å². The third kappa shape index (κ3) is 2.98. The molecule has 0 radical (unpaired) electrons. The van der Waals surface area contributed by atoms with Gasteiger partial charge in [-0.2, -0.15) is 0 Å². The van der Waals surface area contributed by atoms with Crippen LogP contribution in [-0.2, 0) is 13.5 Å². The minimum absolute atomic E-state index is 0.761. The third-order valence-electron chi connectivity index (χ3n) is 5.19. The zero-order valence-corrected chi connectivity index (χ0v) is 13.5. The van der Waals surface area contributed by atoms with Crippen molar-refractivity contribution >= 4 is 11.0 Å². The average molecular weight is 285 g/mol. The van der Waals surface area contributed by atoms with Crippen LogP contribution in [0.1, 0.15) is 32.0 Å². The largest absolute Gasteiger partial charge is 0.331 e. The van der Waals surface area contributed by atoms with E-state index in [1.54, 1.807) is 0 Å². The van der Waals surface area contributed by atoms with Crippen LogP contribution in [-0.4, -0.2) is 23.1 Å². The number of para-hydroxylation sites is 2. The van der Waals surface area contributed by atoms with Crippen LogP contribution >= 0.6 is 0 Å². The molecule has 1 heterocycles.